The van der Waals surface area contributed by atoms with Gasteiger partial charge in [0.1, 0.15) is 9.95 Å². The van der Waals surface area contributed by atoms with Crippen LogP contribution in [0.15, 0.2) is 75.7 Å². The summed E-state index contributed by atoms with van der Waals surface area (Å²) in [7, 11) is 0. The summed E-state index contributed by atoms with van der Waals surface area (Å²) in [5.41, 5.74) is 9.81. The average molecular weight is 395 g/mol. The zero-order valence-corrected chi connectivity index (χ0v) is 17.2. The summed E-state index contributed by atoms with van der Waals surface area (Å²) in [4.78, 5) is 24.6. The molecule has 0 saturated heterocycles. The molecular formula is C22H26N4OS. The van der Waals surface area contributed by atoms with E-state index in [1.165, 1.54) is 11.8 Å². The third kappa shape index (κ3) is 4.44. The van der Waals surface area contributed by atoms with Crippen molar-refractivity contribution in [2.45, 2.75) is 39.7 Å². The van der Waals surface area contributed by atoms with E-state index in [9.17, 15) is 4.79 Å². The minimum absolute atomic E-state index is 0.0307. The van der Waals surface area contributed by atoms with Crippen LogP contribution >= 0.6 is 11.8 Å². The number of nitrogens with two attached hydrogens (primary N) is 1. The van der Waals surface area contributed by atoms with Gasteiger partial charge >= 0.3 is 0 Å². The van der Waals surface area contributed by atoms with Crippen molar-refractivity contribution < 1.29 is 4.79 Å². The van der Waals surface area contributed by atoms with Crippen molar-refractivity contribution in [1.29, 1.82) is 0 Å². The highest BCUT2D eigenvalue weighted by molar-refractivity contribution is 8.19. The molecule has 2 aliphatic rings. The molecule has 146 valence electrons. The molecule has 5 nitrogen and oxygen atoms in total. The van der Waals surface area contributed by atoms with Gasteiger partial charge in [0.05, 0.1) is 12.2 Å². The summed E-state index contributed by atoms with van der Waals surface area (Å²) in [6.45, 7) is 5.20. The highest BCUT2D eigenvalue weighted by Gasteiger charge is 2.32. The lowest BCUT2D eigenvalue weighted by Gasteiger charge is -2.26. The van der Waals surface area contributed by atoms with E-state index in [1.54, 1.807) is 12.4 Å². The molecule has 0 aromatic carbocycles. The molecule has 1 aliphatic carbocycles. The standard InChI is InChI=1S/C22H26N4OS/c1-3-13-26(17-10-6-5-7-11-17)22(27)20-19(23)18(4-2)21(28-20)25-15-16-9-8-12-24-14-16/h4-6,8-10,12,14H,3,7,11,13,15,23H2,1-2H3/b18-4-,25-21+. The SMILES string of the molecule is C/C=C1/C(N)=C(C(=O)N(CCC)C2=CC=CCC2)S/C1=N/Cc1cccnc1. The number of hydrogen-bond donors (Lipinski definition) is 1. The Morgan fingerprint density at radius 3 is 2.96 bits per heavy atom. The van der Waals surface area contributed by atoms with Crippen molar-refractivity contribution in [3.63, 3.8) is 0 Å². The van der Waals surface area contributed by atoms with Crippen LogP contribution in [-0.2, 0) is 11.3 Å². The van der Waals surface area contributed by atoms with Gasteiger partial charge in [0, 0.05) is 30.2 Å². The fourth-order valence-electron chi connectivity index (χ4n) is 3.19. The van der Waals surface area contributed by atoms with Gasteiger partial charge < -0.3 is 10.6 Å². The number of allylic oxidation sites excluding steroid dienone is 6. The molecular weight excluding hydrogens is 368 g/mol. The Labute approximate surface area is 170 Å². The van der Waals surface area contributed by atoms with E-state index in [0.717, 1.165) is 41.1 Å². The largest absolute Gasteiger partial charge is 0.397 e. The van der Waals surface area contributed by atoms with Crippen LogP contribution in [0.2, 0.25) is 0 Å². The molecule has 1 aromatic heterocycles. The van der Waals surface area contributed by atoms with Crippen molar-refractivity contribution in [2.24, 2.45) is 10.7 Å². The number of rotatable bonds is 6. The van der Waals surface area contributed by atoms with E-state index >= 15 is 0 Å². The quantitative estimate of drug-likeness (QED) is 0.780. The molecule has 1 aliphatic heterocycles. The third-order valence-corrected chi connectivity index (χ3v) is 5.75. The van der Waals surface area contributed by atoms with E-state index in [2.05, 4.69) is 18.0 Å². The third-order valence-electron chi connectivity index (χ3n) is 4.61. The summed E-state index contributed by atoms with van der Waals surface area (Å²) in [6, 6.07) is 3.88. The fourth-order valence-corrected chi connectivity index (χ4v) is 4.27. The minimum Gasteiger partial charge on any atom is -0.397 e. The number of carbonyl (C=O) groups excluding carboxylic acids is 1. The zero-order valence-electron chi connectivity index (χ0n) is 16.4. The number of aromatic nitrogens is 1. The van der Waals surface area contributed by atoms with Gasteiger partial charge in [-0.15, -0.1) is 0 Å². The minimum atomic E-state index is -0.0307. The van der Waals surface area contributed by atoms with Gasteiger partial charge in [-0.2, -0.15) is 0 Å². The Bertz CT molecular complexity index is 881. The van der Waals surface area contributed by atoms with Crippen LogP contribution < -0.4 is 5.73 Å². The summed E-state index contributed by atoms with van der Waals surface area (Å²) in [5, 5.41) is 0.793. The number of pyridine rings is 1. The molecule has 0 spiro atoms. The van der Waals surface area contributed by atoms with Crippen LogP contribution in [0.25, 0.3) is 0 Å². The lowest BCUT2D eigenvalue weighted by molar-refractivity contribution is -0.124. The monoisotopic (exact) mass is 394 g/mol. The van der Waals surface area contributed by atoms with Crippen LogP contribution in [0, 0.1) is 0 Å². The van der Waals surface area contributed by atoms with Crippen LogP contribution in [0.4, 0.5) is 0 Å². The number of carbonyl (C=O) groups is 1. The number of amides is 1. The number of aliphatic imine (C=N–C) groups is 1. The predicted molar refractivity (Wildman–Crippen MR) is 116 cm³/mol. The van der Waals surface area contributed by atoms with Gasteiger partial charge in [-0.25, -0.2) is 0 Å². The summed E-state index contributed by atoms with van der Waals surface area (Å²) >= 11 is 1.38. The highest BCUT2D eigenvalue weighted by Crippen LogP contribution is 2.38. The van der Waals surface area contributed by atoms with Gasteiger partial charge in [0.25, 0.3) is 5.91 Å². The van der Waals surface area contributed by atoms with Crippen molar-refractivity contribution in [1.82, 2.24) is 9.88 Å². The van der Waals surface area contributed by atoms with Gasteiger partial charge in [0.2, 0.25) is 0 Å². The van der Waals surface area contributed by atoms with Crippen LogP contribution in [0.5, 0.6) is 0 Å². The molecule has 2 N–H and O–H groups in total. The maximum absolute atomic E-state index is 13.3. The Morgan fingerprint density at radius 2 is 2.32 bits per heavy atom. The Morgan fingerprint density at radius 1 is 1.46 bits per heavy atom. The zero-order chi connectivity index (χ0) is 19.9. The Kier molecular flexibility index (Phi) is 6.87. The second-order valence-electron chi connectivity index (χ2n) is 6.61. The average Bonchev–Trinajstić information content (AvgIpc) is 3.06. The van der Waals surface area contributed by atoms with Gasteiger partial charge in [-0.1, -0.05) is 43.0 Å². The topological polar surface area (TPSA) is 71.6 Å². The van der Waals surface area contributed by atoms with Crippen molar-refractivity contribution >= 4 is 22.7 Å². The molecule has 0 fully saturated rings. The molecule has 0 bridgehead atoms. The van der Waals surface area contributed by atoms with E-state index in [4.69, 9.17) is 10.7 Å². The second kappa shape index (κ2) is 9.55. The molecule has 0 saturated carbocycles. The molecule has 2 heterocycles. The predicted octanol–water partition coefficient (Wildman–Crippen LogP) is 4.32. The first kappa shape index (κ1) is 20.1. The number of thioether (sulfide) groups is 1. The molecule has 0 radical (unpaired) electrons. The first-order valence-electron chi connectivity index (χ1n) is 9.61. The van der Waals surface area contributed by atoms with Crippen LogP contribution in [0.1, 0.15) is 38.7 Å². The number of nitrogens with zero attached hydrogens (tertiary/aromatic N) is 3. The summed E-state index contributed by atoms with van der Waals surface area (Å²) in [6.07, 6.45) is 14.4. The summed E-state index contributed by atoms with van der Waals surface area (Å²) in [5.74, 6) is -0.0307. The maximum Gasteiger partial charge on any atom is 0.266 e. The lowest BCUT2D eigenvalue weighted by Crippen LogP contribution is -2.32. The van der Waals surface area contributed by atoms with Crippen LogP contribution in [-0.4, -0.2) is 27.4 Å². The van der Waals surface area contributed by atoms with E-state index in [1.807, 2.05) is 42.2 Å². The van der Waals surface area contributed by atoms with Crippen molar-refractivity contribution in [3.8, 4) is 0 Å². The molecule has 0 atom stereocenters. The van der Waals surface area contributed by atoms with Gasteiger partial charge in [-0.3, -0.25) is 14.8 Å². The normalized spacial score (nSPS) is 19.4. The van der Waals surface area contributed by atoms with E-state index < -0.39 is 0 Å². The van der Waals surface area contributed by atoms with Crippen molar-refractivity contribution in [2.75, 3.05) is 6.54 Å². The van der Waals surface area contributed by atoms with Gasteiger partial charge in [0.15, 0.2) is 0 Å². The molecule has 6 heteroatoms. The molecule has 0 unspecified atom stereocenters. The lowest BCUT2D eigenvalue weighted by atomic mass is 10.1. The smallest absolute Gasteiger partial charge is 0.266 e. The Hall–Kier alpha value is -2.60. The van der Waals surface area contributed by atoms with E-state index in [-0.39, 0.29) is 5.91 Å². The highest BCUT2D eigenvalue weighted by atomic mass is 32.2. The van der Waals surface area contributed by atoms with Gasteiger partial charge in [-0.05, 0) is 43.9 Å². The molecule has 3 rings (SSSR count). The fraction of sp³-hybridized carbons (Fsp3) is 0.318. The first-order valence-corrected chi connectivity index (χ1v) is 10.4. The second-order valence-corrected chi connectivity index (χ2v) is 7.61. The first-order chi connectivity index (χ1) is 13.7. The molecule has 1 aromatic rings. The van der Waals surface area contributed by atoms with Crippen LogP contribution in [0.3, 0.4) is 0 Å². The maximum atomic E-state index is 13.3. The molecule has 1 amide bonds. The van der Waals surface area contributed by atoms with E-state index in [0.29, 0.717) is 23.7 Å². The van der Waals surface area contributed by atoms with Crippen molar-refractivity contribution in [3.05, 3.63) is 76.3 Å². The molecule has 28 heavy (non-hydrogen) atoms. The summed E-state index contributed by atoms with van der Waals surface area (Å²) < 4.78 is 0. The Balaban J connectivity index is 1.84. The number of hydrogen-bond acceptors (Lipinski definition) is 5.